The number of nitrogens with zero attached hydrogens (tertiary/aromatic N) is 3. The summed E-state index contributed by atoms with van der Waals surface area (Å²) in [5.41, 5.74) is 2.82. The van der Waals surface area contributed by atoms with Crippen LogP contribution in [-0.2, 0) is 6.42 Å². The van der Waals surface area contributed by atoms with Crippen LogP contribution in [0.1, 0.15) is 15.5 Å². The van der Waals surface area contributed by atoms with Crippen molar-refractivity contribution in [2.24, 2.45) is 0 Å². The monoisotopic (exact) mass is 300 g/mol. The topological polar surface area (TPSA) is 80.9 Å². The van der Waals surface area contributed by atoms with Crippen LogP contribution in [0.3, 0.4) is 0 Å². The third-order valence-electron chi connectivity index (χ3n) is 2.83. The zero-order valence-electron chi connectivity index (χ0n) is 11.0. The average molecular weight is 300 g/mol. The number of hydrogen-bond donors (Lipinski definition) is 1. The van der Waals surface area contributed by atoms with Crippen LogP contribution in [0.15, 0.2) is 46.4 Å². The lowest BCUT2D eigenvalue weighted by molar-refractivity contribution is 0.0945. The van der Waals surface area contributed by atoms with Gasteiger partial charge in [0.1, 0.15) is 10.5 Å². The minimum atomic E-state index is -0.259. The fraction of sp³-hybridized carbons (Fsp3) is 0.143. The maximum atomic E-state index is 12.0. The summed E-state index contributed by atoms with van der Waals surface area (Å²) in [7, 11) is 0. The average Bonchev–Trinajstić information content (AvgIpc) is 3.20. The molecule has 7 heteroatoms. The highest BCUT2D eigenvalue weighted by molar-refractivity contribution is 7.09. The standard InChI is InChI=1S/C14H12N4O2S/c19-14(15-7-6-13-17-16-9-21-13)11-8-12(20-18-11)10-4-2-1-3-5-10/h1-5,8-9H,6-7H2,(H,15,19). The van der Waals surface area contributed by atoms with Gasteiger partial charge in [0, 0.05) is 24.6 Å². The summed E-state index contributed by atoms with van der Waals surface area (Å²) >= 11 is 1.46. The van der Waals surface area contributed by atoms with Crippen LogP contribution >= 0.6 is 11.3 Å². The first-order valence-corrected chi connectivity index (χ1v) is 7.26. The van der Waals surface area contributed by atoms with Gasteiger partial charge in [0.05, 0.1) is 0 Å². The zero-order chi connectivity index (χ0) is 14.5. The fourth-order valence-electron chi connectivity index (χ4n) is 1.80. The van der Waals surface area contributed by atoms with E-state index in [0.29, 0.717) is 18.7 Å². The van der Waals surface area contributed by atoms with Crippen molar-refractivity contribution in [2.45, 2.75) is 6.42 Å². The molecule has 0 spiro atoms. The smallest absolute Gasteiger partial charge is 0.273 e. The second kappa shape index (κ2) is 6.27. The van der Waals surface area contributed by atoms with Crippen molar-refractivity contribution < 1.29 is 9.32 Å². The first-order chi connectivity index (χ1) is 10.3. The highest BCUT2D eigenvalue weighted by atomic mass is 32.1. The lowest BCUT2D eigenvalue weighted by atomic mass is 10.1. The second-order valence-corrected chi connectivity index (χ2v) is 5.20. The summed E-state index contributed by atoms with van der Waals surface area (Å²) in [6.07, 6.45) is 0.653. The molecule has 2 aromatic heterocycles. The lowest BCUT2D eigenvalue weighted by Crippen LogP contribution is -2.25. The van der Waals surface area contributed by atoms with E-state index >= 15 is 0 Å². The molecule has 1 amide bonds. The molecule has 1 aromatic carbocycles. The Morgan fingerprint density at radius 2 is 2.14 bits per heavy atom. The Kier molecular flexibility index (Phi) is 4.02. The molecule has 0 aliphatic rings. The van der Waals surface area contributed by atoms with Crippen molar-refractivity contribution in [2.75, 3.05) is 6.54 Å². The number of carbonyl (C=O) groups excluding carboxylic acids is 1. The summed E-state index contributed by atoms with van der Waals surface area (Å²) < 4.78 is 5.19. The van der Waals surface area contributed by atoms with E-state index in [2.05, 4.69) is 20.7 Å². The predicted octanol–water partition coefficient (Wildman–Crippen LogP) is 2.17. The van der Waals surface area contributed by atoms with Gasteiger partial charge in [0.15, 0.2) is 11.5 Å². The van der Waals surface area contributed by atoms with E-state index in [1.807, 2.05) is 30.3 Å². The predicted molar refractivity (Wildman–Crippen MR) is 77.9 cm³/mol. The Morgan fingerprint density at radius 1 is 1.29 bits per heavy atom. The van der Waals surface area contributed by atoms with Crippen LogP contribution in [0.25, 0.3) is 11.3 Å². The molecule has 3 aromatic rings. The number of hydrogen-bond acceptors (Lipinski definition) is 6. The summed E-state index contributed by atoms with van der Waals surface area (Å²) in [6, 6.07) is 11.2. The number of benzene rings is 1. The molecule has 3 rings (SSSR count). The molecule has 2 heterocycles. The first-order valence-electron chi connectivity index (χ1n) is 6.38. The van der Waals surface area contributed by atoms with E-state index < -0.39 is 0 Å². The van der Waals surface area contributed by atoms with E-state index in [-0.39, 0.29) is 11.6 Å². The van der Waals surface area contributed by atoms with Gasteiger partial charge in [0.2, 0.25) is 0 Å². The molecule has 0 bridgehead atoms. The maximum Gasteiger partial charge on any atom is 0.273 e. The van der Waals surface area contributed by atoms with Crippen LogP contribution in [0.5, 0.6) is 0 Å². The largest absolute Gasteiger partial charge is 0.355 e. The molecule has 6 nitrogen and oxygen atoms in total. The molecule has 106 valence electrons. The van der Waals surface area contributed by atoms with Crippen molar-refractivity contribution >= 4 is 17.2 Å². The number of amides is 1. The van der Waals surface area contributed by atoms with Gasteiger partial charge in [-0.3, -0.25) is 4.79 Å². The SMILES string of the molecule is O=C(NCCc1nncs1)c1cc(-c2ccccc2)on1. The number of aromatic nitrogens is 3. The molecule has 0 radical (unpaired) electrons. The molecule has 21 heavy (non-hydrogen) atoms. The summed E-state index contributed by atoms with van der Waals surface area (Å²) in [6.45, 7) is 0.488. The van der Waals surface area contributed by atoms with Crippen LogP contribution in [-0.4, -0.2) is 27.8 Å². The van der Waals surface area contributed by atoms with Crippen molar-refractivity contribution in [1.29, 1.82) is 0 Å². The van der Waals surface area contributed by atoms with E-state index in [4.69, 9.17) is 4.52 Å². The fourth-order valence-corrected chi connectivity index (χ4v) is 2.33. The molecular weight excluding hydrogens is 288 g/mol. The highest BCUT2D eigenvalue weighted by Crippen LogP contribution is 2.19. The van der Waals surface area contributed by atoms with Gasteiger partial charge in [-0.25, -0.2) is 0 Å². The number of carbonyl (C=O) groups is 1. The Labute approximate surface area is 124 Å². The minimum Gasteiger partial charge on any atom is -0.355 e. The zero-order valence-corrected chi connectivity index (χ0v) is 11.8. The van der Waals surface area contributed by atoms with Crippen molar-refractivity contribution in [1.82, 2.24) is 20.7 Å². The Balaban J connectivity index is 1.59. The van der Waals surface area contributed by atoms with Gasteiger partial charge < -0.3 is 9.84 Å². The highest BCUT2D eigenvalue weighted by Gasteiger charge is 2.13. The van der Waals surface area contributed by atoms with Crippen LogP contribution in [0.4, 0.5) is 0 Å². The maximum absolute atomic E-state index is 12.0. The molecular formula is C14H12N4O2S. The third kappa shape index (κ3) is 3.32. The van der Waals surface area contributed by atoms with Gasteiger partial charge in [-0.05, 0) is 0 Å². The molecule has 0 atom stereocenters. The van der Waals surface area contributed by atoms with Crippen molar-refractivity contribution in [3.8, 4) is 11.3 Å². The summed E-state index contributed by atoms with van der Waals surface area (Å²) in [4.78, 5) is 12.0. The molecule has 0 aliphatic heterocycles. The Bertz CT molecular complexity index is 710. The normalized spacial score (nSPS) is 10.5. The van der Waals surface area contributed by atoms with Crippen LogP contribution in [0.2, 0.25) is 0 Å². The third-order valence-corrected chi connectivity index (χ3v) is 3.59. The van der Waals surface area contributed by atoms with Crippen molar-refractivity contribution in [3.05, 3.63) is 52.6 Å². The second-order valence-electron chi connectivity index (χ2n) is 4.28. The van der Waals surface area contributed by atoms with Gasteiger partial charge in [-0.1, -0.05) is 35.5 Å². The molecule has 0 saturated heterocycles. The number of rotatable bonds is 5. The minimum absolute atomic E-state index is 0.259. The van der Waals surface area contributed by atoms with E-state index in [1.165, 1.54) is 11.3 Å². The molecule has 0 aliphatic carbocycles. The van der Waals surface area contributed by atoms with E-state index in [0.717, 1.165) is 10.6 Å². The van der Waals surface area contributed by atoms with Crippen LogP contribution in [0, 0.1) is 0 Å². The Morgan fingerprint density at radius 3 is 2.90 bits per heavy atom. The van der Waals surface area contributed by atoms with E-state index in [9.17, 15) is 4.79 Å². The molecule has 0 unspecified atom stereocenters. The van der Waals surface area contributed by atoms with Gasteiger partial charge >= 0.3 is 0 Å². The molecule has 0 saturated carbocycles. The van der Waals surface area contributed by atoms with Gasteiger partial charge in [-0.2, -0.15) is 0 Å². The van der Waals surface area contributed by atoms with Gasteiger partial charge in [-0.15, -0.1) is 21.5 Å². The number of nitrogens with one attached hydrogen (secondary N) is 1. The summed E-state index contributed by atoms with van der Waals surface area (Å²) in [5, 5.41) is 15.1. The van der Waals surface area contributed by atoms with Gasteiger partial charge in [0.25, 0.3) is 5.91 Å². The summed E-state index contributed by atoms with van der Waals surface area (Å²) in [5.74, 6) is 0.315. The molecule has 0 fully saturated rings. The quantitative estimate of drug-likeness (QED) is 0.781. The lowest BCUT2D eigenvalue weighted by Gasteiger charge is -1.99. The van der Waals surface area contributed by atoms with Crippen LogP contribution < -0.4 is 5.32 Å². The Hall–Kier alpha value is -2.54. The van der Waals surface area contributed by atoms with Crippen molar-refractivity contribution in [3.63, 3.8) is 0 Å². The van der Waals surface area contributed by atoms with E-state index in [1.54, 1.807) is 11.6 Å². The molecule has 1 N–H and O–H groups in total. The first kappa shape index (κ1) is 13.4.